The van der Waals surface area contributed by atoms with E-state index in [-0.39, 0.29) is 0 Å². The Balaban J connectivity index is 2.05. The Morgan fingerprint density at radius 3 is 2.92 bits per heavy atom. The molecule has 2 aromatic rings. The van der Waals surface area contributed by atoms with Crippen molar-refractivity contribution in [3.05, 3.63) is 41.6 Å². The Hall–Kier alpha value is -2.45. The Bertz CT molecular complexity index is 810. The van der Waals surface area contributed by atoms with Crippen molar-refractivity contribution in [3.63, 3.8) is 0 Å². The third-order valence-corrected chi connectivity index (χ3v) is 4.30. The Kier molecular flexibility index (Phi) is 4.77. The Labute approximate surface area is 141 Å². The number of methoxy groups -OCH3 is 1. The van der Waals surface area contributed by atoms with Crippen molar-refractivity contribution >= 4 is 23.0 Å². The molecule has 2 N–H and O–H groups in total. The van der Waals surface area contributed by atoms with Crippen LogP contribution in [0.25, 0.3) is 11.1 Å². The average molecular weight is 346 g/mol. The van der Waals surface area contributed by atoms with Crippen LogP contribution < -0.4 is 14.8 Å². The number of amides is 2. The highest BCUT2D eigenvalue weighted by molar-refractivity contribution is 7.77. The molecule has 1 aliphatic rings. The first kappa shape index (κ1) is 16.4. The molecule has 0 radical (unpaired) electrons. The lowest BCUT2D eigenvalue weighted by molar-refractivity contribution is 0.256. The summed E-state index contributed by atoms with van der Waals surface area (Å²) in [6.45, 7) is 0. The minimum Gasteiger partial charge on any atom is -0.755 e. The lowest BCUT2D eigenvalue weighted by atomic mass is 9.98. The molecular formula is C16H16N3O4S-. The maximum absolute atomic E-state index is 11.9. The number of hydrogen-bond acceptors (Lipinski definition) is 5. The monoisotopic (exact) mass is 346 g/mol. The van der Waals surface area contributed by atoms with Gasteiger partial charge in [-0.05, 0) is 42.0 Å². The van der Waals surface area contributed by atoms with Gasteiger partial charge < -0.3 is 14.6 Å². The van der Waals surface area contributed by atoms with E-state index in [1.54, 1.807) is 12.3 Å². The number of nitrogens with one attached hydrogen (secondary N) is 2. The SMILES string of the molecule is COc1cc(-c2ccc3c(c2NC(=O)NS(=O)[O-])CCC3)ccn1. The molecule has 3 rings (SSSR count). The molecule has 1 atom stereocenters. The van der Waals surface area contributed by atoms with Crippen molar-refractivity contribution in [3.8, 4) is 17.0 Å². The fraction of sp³-hybridized carbons (Fsp3) is 0.250. The van der Waals surface area contributed by atoms with Crippen LogP contribution in [0, 0.1) is 0 Å². The molecule has 1 unspecified atom stereocenters. The second kappa shape index (κ2) is 6.98. The van der Waals surface area contributed by atoms with Gasteiger partial charge in [-0.3, -0.25) is 8.93 Å². The fourth-order valence-electron chi connectivity index (χ4n) is 2.95. The maximum atomic E-state index is 11.9. The summed E-state index contributed by atoms with van der Waals surface area (Å²) < 4.78 is 28.3. The molecular weight excluding hydrogens is 330 g/mol. The maximum Gasteiger partial charge on any atom is 0.330 e. The fourth-order valence-corrected chi connectivity index (χ4v) is 3.16. The van der Waals surface area contributed by atoms with E-state index in [1.807, 2.05) is 22.9 Å². The van der Waals surface area contributed by atoms with Crippen molar-refractivity contribution in [2.75, 3.05) is 12.4 Å². The molecule has 8 heteroatoms. The second-order valence-electron chi connectivity index (χ2n) is 5.36. The van der Waals surface area contributed by atoms with Gasteiger partial charge in [0.25, 0.3) is 0 Å². The predicted molar refractivity (Wildman–Crippen MR) is 89.3 cm³/mol. The van der Waals surface area contributed by atoms with Crippen LogP contribution in [-0.2, 0) is 24.1 Å². The quantitative estimate of drug-likeness (QED) is 0.826. The molecule has 0 aliphatic heterocycles. The third-order valence-electron chi connectivity index (χ3n) is 3.95. The zero-order valence-electron chi connectivity index (χ0n) is 13.0. The number of carbonyl (C=O) groups is 1. The first-order chi connectivity index (χ1) is 11.6. The number of pyridine rings is 1. The van der Waals surface area contributed by atoms with Crippen LogP contribution in [0.2, 0.25) is 0 Å². The molecule has 0 fully saturated rings. The third kappa shape index (κ3) is 3.39. The van der Waals surface area contributed by atoms with E-state index in [0.717, 1.165) is 36.0 Å². The van der Waals surface area contributed by atoms with Gasteiger partial charge in [-0.25, -0.2) is 9.78 Å². The van der Waals surface area contributed by atoms with E-state index < -0.39 is 17.3 Å². The molecule has 0 spiro atoms. The number of carbonyl (C=O) groups excluding carboxylic acids is 1. The van der Waals surface area contributed by atoms with Crippen LogP contribution in [0.15, 0.2) is 30.5 Å². The minimum atomic E-state index is -2.67. The van der Waals surface area contributed by atoms with Crippen LogP contribution >= 0.6 is 0 Å². The van der Waals surface area contributed by atoms with Crippen LogP contribution in [0.3, 0.4) is 0 Å². The van der Waals surface area contributed by atoms with E-state index in [0.29, 0.717) is 11.6 Å². The van der Waals surface area contributed by atoms with Crippen LogP contribution in [-0.4, -0.2) is 26.9 Å². The average Bonchev–Trinajstić information content (AvgIpc) is 3.03. The van der Waals surface area contributed by atoms with Crippen LogP contribution in [0.5, 0.6) is 5.88 Å². The summed E-state index contributed by atoms with van der Waals surface area (Å²) in [5.41, 5.74) is 4.45. The van der Waals surface area contributed by atoms with E-state index >= 15 is 0 Å². The lowest BCUT2D eigenvalue weighted by Gasteiger charge is -2.17. The normalized spacial score (nSPS) is 13.9. The summed E-state index contributed by atoms with van der Waals surface area (Å²) >= 11 is -2.67. The lowest BCUT2D eigenvalue weighted by Crippen LogP contribution is -2.30. The molecule has 0 saturated carbocycles. The van der Waals surface area contributed by atoms with Gasteiger partial charge in [0, 0.05) is 29.1 Å². The van der Waals surface area contributed by atoms with Gasteiger partial charge >= 0.3 is 6.03 Å². The number of nitrogens with zero attached hydrogens (tertiary/aromatic N) is 1. The number of urea groups is 1. The van der Waals surface area contributed by atoms with Gasteiger partial charge in [-0.2, -0.15) is 0 Å². The summed E-state index contributed by atoms with van der Waals surface area (Å²) in [6, 6.07) is 6.76. The number of anilines is 1. The van der Waals surface area contributed by atoms with Gasteiger partial charge in [0.2, 0.25) is 5.88 Å². The molecule has 0 bridgehead atoms. The standard InChI is InChI=1S/C16H17N3O4S/c1-23-14-9-11(7-8-17-14)13-6-5-10-3-2-4-12(10)15(13)18-16(20)19-24(21)22/h5-9H,2-4H2,1H3,(H,21,22)(H2,18,19,20)/p-1. The molecule has 0 saturated heterocycles. The van der Waals surface area contributed by atoms with E-state index in [9.17, 15) is 13.6 Å². The smallest absolute Gasteiger partial charge is 0.330 e. The summed E-state index contributed by atoms with van der Waals surface area (Å²) in [5, 5.41) is 2.67. The molecule has 126 valence electrons. The summed E-state index contributed by atoms with van der Waals surface area (Å²) in [4.78, 5) is 16.0. The van der Waals surface area contributed by atoms with Crippen molar-refractivity contribution < 1.29 is 18.3 Å². The molecule has 1 heterocycles. The van der Waals surface area contributed by atoms with Crippen molar-refractivity contribution in [1.29, 1.82) is 0 Å². The molecule has 1 aromatic heterocycles. The topological polar surface area (TPSA) is 103 Å². The second-order valence-corrected chi connectivity index (χ2v) is 6.03. The summed E-state index contributed by atoms with van der Waals surface area (Å²) in [6.07, 6.45) is 4.40. The first-order valence-corrected chi connectivity index (χ1v) is 8.48. The van der Waals surface area contributed by atoms with Crippen molar-refractivity contribution in [2.45, 2.75) is 19.3 Å². The van der Waals surface area contributed by atoms with E-state index in [2.05, 4.69) is 10.3 Å². The number of aryl methyl sites for hydroxylation is 1. The molecule has 1 aromatic carbocycles. The number of hydrogen-bond donors (Lipinski definition) is 2. The van der Waals surface area contributed by atoms with Gasteiger partial charge in [-0.1, -0.05) is 12.1 Å². The molecule has 1 aliphatic carbocycles. The molecule has 2 amide bonds. The number of aromatic nitrogens is 1. The highest BCUT2D eigenvalue weighted by Crippen LogP contribution is 2.38. The summed E-state index contributed by atoms with van der Waals surface area (Å²) in [5.74, 6) is 0.462. The predicted octanol–water partition coefficient (Wildman–Crippen LogP) is 2.16. The Morgan fingerprint density at radius 2 is 2.17 bits per heavy atom. The van der Waals surface area contributed by atoms with Crippen molar-refractivity contribution in [1.82, 2.24) is 9.71 Å². The highest BCUT2D eigenvalue weighted by atomic mass is 32.2. The Morgan fingerprint density at radius 1 is 1.33 bits per heavy atom. The zero-order chi connectivity index (χ0) is 17.1. The van der Waals surface area contributed by atoms with Gasteiger partial charge in [0.05, 0.1) is 12.8 Å². The highest BCUT2D eigenvalue weighted by Gasteiger charge is 2.20. The zero-order valence-corrected chi connectivity index (χ0v) is 13.8. The van der Waals surface area contributed by atoms with E-state index in [4.69, 9.17) is 4.74 Å². The van der Waals surface area contributed by atoms with Gasteiger partial charge in [0.1, 0.15) is 0 Å². The summed E-state index contributed by atoms with van der Waals surface area (Å²) in [7, 11) is 1.53. The van der Waals surface area contributed by atoms with Crippen LogP contribution in [0.4, 0.5) is 10.5 Å². The van der Waals surface area contributed by atoms with Gasteiger partial charge in [0.15, 0.2) is 0 Å². The van der Waals surface area contributed by atoms with Crippen LogP contribution in [0.1, 0.15) is 17.5 Å². The molecule has 7 nitrogen and oxygen atoms in total. The molecule has 24 heavy (non-hydrogen) atoms. The minimum absolute atomic E-state index is 0.462. The number of fused-ring (bicyclic) bond motifs is 1. The number of benzene rings is 1. The number of rotatable bonds is 4. The van der Waals surface area contributed by atoms with Gasteiger partial charge in [-0.15, -0.1) is 0 Å². The van der Waals surface area contributed by atoms with Crippen molar-refractivity contribution in [2.24, 2.45) is 0 Å². The number of ether oxygens (including phenoxy) is 1. The first-order valence-electron chi connectivity index (χ1n) is 7.40. The van der Waals surface area contributed by atoms with E-state index in [1.165, 1.54) is 12.7 Å². The largest absolute Gasteiger partial charge is 0.755 e.